The van der Waals surface area contributed by atoms with Gasteiger partial charge >= 0.3 is 6.09 Å². The lowest BCUT2D eigenvalue weighted by molar-refractivity contribution is 0.0454. The van der Waals surface area contributed by atoms with Crippen molar-refractivity contribution in [3.8, 4) is 0 Å². The van der Waals surface area contributed by atoms with Gasteiger partial charge in [0.15, 0.2) is 0 Å². The molecule has 1 aromatic carbocycles. The van der Waals surface area contributed by atoms with Crippen molar-refractivity contribution in [2.75, 3.05) is 0 Å². The van der Waals surface area contributed by atoms with Crippen molar-refractivity contribution in [2.24, 2.45) is 5.73 Å². The van der Waals surface area contributed by atoms with Gasteiger partial charge < -0.3 is 25.2 Å². The fraction of sp³-hybridized carbons (Fsp3) is 0.450. The van der Waals surface area contributed by atoms with Gasteiger partial charge in [0.2, 0.25) is 11.8 Å². The molecule has 0 aliphatic rings. The molecule has 2 aromatic heterocycles. The van der Waals surface area contributed by atoms with E-state index in [1.165, 1.54) is 0 Å². The van der Waals surface area contributed by atoms with Crippen LogP contribution in [0.2, 0.25) is 0 Å². The molecule has 0 saturated carbocycles. The second kappa shape index (κ2) is 7.27. The summed E-state index contributed by atoms with van der Waals surface area (Å²) >= 11 is 0. The molecule has 3 aromatic rings. The van der Waals surface area contributed by atoms with Crippen molar-refractivity contribution in [2.45, 2.75) is 58.2 Å². The molecule has 1 amide bonds. The summed E-state index contributed by atoms with van der Waals surface area (Å²) in [5, 5.41) is 12.0. The maximum absolute atomic E-state index is 12.1. The second-order valence-electron chi connectivity index (χ2n) is 8.37. The Morgan fingerprint density at radius 1 is 1.25 bits per heavy atom. The molecular weight excluding hydrogens is 358 g/mol. The molecule has 0 unspecified atom stereocenters. The summed E-state index contributed by atoms with van der Waals surface area (Å²) in [5.74, 6) is 0.585. The van der Waals surface area contributed by atoms with Crippen molar-refractivity contribution in [3.63, 3.8) is 0 Å². The van der Waals surface area contributed by atoms with Crippen molar-refractivity contribution in [1.82, 2.24) is 20.5 Å². The quantitative estimate of drug-likeness (QED) is 0.618. The molecule has 150 valence electrons. The SMILES string of the molecule is CC(C)(C)OC(=O)NC(C)(C)c1nnc([C@@H](N)Cc2c[nH]c3ccccc23)o1. The van der Waals surface area contributed by atoms with E-state index >= 15 is 0 Å². The zero-order valence-corrected chi connectivity index (χ0v) is 16.9. The molecule has 0 radical (unpaired) electrons. The number of hydrogen-bond donors (Lipinski definition) is 3. The average Bonchev–Trinajstić information content (AvgIpc) is 3.20. The molecule has 0 bridgehead atoms. The molecule has 8 heteroatoms. The number of nitrogens with one attached hydrogen (secondary N) is 2. The number of carbonyl (C=O) groups is 1. The molecule has 1 atom stereocenters. The van der Waals surface area contributed by atoms with Crippen molar-refractivity contribution in [3.05, 3.63) is 47.8 Å². The zero-order chi connectivity index (χ0) is 20.5. The third-order valence-corrected chi connectivity index (χ3v) is 4.22. The van der Waals surface area contributed by atoms with Gasteiger partial charge in [-0.3, -0.25) is 0 Å². The normalized spacial score (nSPS) is 13.5. The smallest absolute Gasteiger partial charge is 0.408 e. The first kappa shape index (κ1) is 19.9. The summed E-state index contributed by atoms with van der Waals surface area (Å²) in [5.41, 5.74) is 6.94. The van der Waals surface area contributed by atoms with Gasteiger partial charge in [-0.15, -0.1) is 10.2 Å². The summed E-state index contributed by atoms with van der Waals surface area (Å²) in [7, 11) is 0. The van der Waals surface area contributed by atoms with Gasteiger partial charge in [-0.2, -0.15) is 0 Å². The summed E-state index contributed by atoms with van der Waals surface area (Å²) in [6.45, 7) is 8.93. The van der Waals surface area contributed by atoms with E-state index in [1.54, 1.807) is 34.6 Å². The molecular formula is C20H27N5O3. The first-order chi connectivity index (χ1) is 13.0. The van der Waals surface area contributed by atoms with E-state index in [2.05, 4.69) is 20.5 Å². The Bertz CT molecular complexity index is 968. The highest BCUT2D eigenvalue weighted by atomic mass is 16.6. The number of carbonyl (C=O) groups excluding carboxylic acids is 1. The fourth-order valence-electron chi connectivity index (χ4n) is 2.87. The number of amides is 1. The van der Waals surface area contributed by atoms with E-state index < -0.39 is 23.3 Å². The molecule has 0 aliphatic carbocycles. The summed E-state index contributed by atoms with van der Waals surface area (Å²) < 4.78 is 11.1. The lowest BCUT2D eigenvalue weighted by Crippen LogP contribution is -2.44. The molecule has 2 heterocycles. The summed E-state index contributed by atoms with van der Waals surface area (Å²) in [6.07, 6.45) is 1.93. The third kappa shape index (κ3) is 4.51. The molecule has 8 nitrogen and oxygen atoms in total. The van der Waals surface area contributed by atoms with Crippen LogP contribution in [-0.4, -0.2) is 26.9 Å². The van der Waals surface area contributed by atoms with Crippen LogP contribution in [-0.2, 0) is 16.7 Å². The van der Waals surface area contributed by atoms with Crippen LogP contribution in [0.25, 0.3) is 10.9 Å². The van der Waals surface area contributed by atoms with Crippen molar-refractivity contribution < 1.29 is 13.9 Å². The zero-order valence-electron chi connectivity index (χ0n) is 16.9. The molecule has 3 rings (SSSR count). The summed E-state index contributed by atoms with van der Waals surface area (Å²) in [6, 6.07) is 7.56. The number of hydrogen-bond acceptors (Lipinski definition) is 6. The van der Waals surface area contributed by atoms with Gasteiger partial charge in [0.25, 0.3) is 0 Å². The first-order valence-electron chi connectivity index (χ1n) is 9.21. The van der Waals surface area contributed by atoms with Crippen LogP contribution in [0.3, 0.4) is 0 Å². The van der Waals surface area contributed by atoms with Crippen LogP contribution in [0.5, 0.6) is 0 Å². The highest BCUT2D eigenvalue weighted by molar-refractivity contribution is 5.83. The lowest BCUT2D eigenvalue weighted by Gasteiger charge is -2.25. The van der Waals surface area contributed by atoms with E-state index in [9.17, 15) is 4.79 Å². The van der Waals surface area contributed by atoms with Gasteiger partial charge in [0.05, 0.1) is 6.04 Å². The molecule has 28 heavy (non-hydrogen) atoms. The molecule has 0 aliphatic heterocycles. The van der Waals surface area contributed by atoms with Gasteiger partial charge in [-0.1, -0.05) is 18.2 Å². The van der Waals surface area contributed by atoms with Crippen molar-refractivity contribution in [1.29, 1.82) is 0 Å². The van der Waals surface area contributed by atoms with E-state index in [0.717, 1.165) is 16.5 Å². The number of aromatic nitrogens is 3. The van der Waals surface area contributed by atoms with Crippen molar-refractivity contribution >= 4 is 17.0 Å². The molecule has 4 N–H and O–H groups in total. The van der Waals surface area contributed by atoms with E-state index in [0.29, 0.717) is 12.3 Å². The minimum absolute atomic E-state index is 0.266. The topological polar surface area (TPSA) is 119 Å². The number of aromatic amines is 1. The van der Waals surface area contributed by atoms with Gasteiger partial charge in [0, 0.05) is 17.1 Å². The number of H-pyrrole nitrogens is 1. The van der Waals surface area contributed by atoms with Crippen LogP contribution in [0.1, 0.15) is 58.0 Å². The first-order valence-corrected chi connectivity index (χ1v) is 9.21. The third-order valence-electron chi connectivity index (χ3n) is 4.22. The second-order valence-corrected chi connectivity index (χ2v) is 8.37. The van der Waals surface area contributed by atoms with Crippen LogP contribution in [0.4, 0.5) is 4.79 Å². The summed E-state index contributed by atoms with van der Waals surface area (Å²) in [4.78, 5) is 15.3. The van der Waals surface area contributed by atoms with Crippen LogP contribution >= 0.6 is 0 Å². The van der Waals surface area contributed by atoms with E-state index in [1.807, 2.05) is 30.5 Å². The van der Waals surface area contributed by atoms with Crippen LogP contribution in [0, 0.1) is 0 Å². The number of ether oxygens (including phenoxy) is 1. The predicted molar refractivity (Wildman–Crippen MR) is 106 cm³/mol. The molecule has 0 saturated heterocycles. The highest BCUT2D eigenvalue weighted by Gasteiger charge is 2.32. The Morgan fingerprint density at radius 2 is 1.96 bits per heavy atom. The predicted octanol–water partition coefficient (Wildman–Crippen LogP) is 3.55. The number of alkyl carbamates (subject to hydrolysis) is 1. The number of nitrogens with two attached hydrogens (primary N) is 1. The van der Waals surface area contributed by atoms with Gasteiger partial charge in [-0.25, -0.2) is 4.79 Å². The molecule has 0 spiro atoms. The van der Waals surface area contributed by atoms with E-state index in [-0.39, 0.29) is 5.89 Å². The maximum atomic E-state index is 12.1. The van der Waals surface area contributed by atoms with Crippen LogP contribution in [0.15, 0.2) is 34.9 Å². The number of para-hydroxylation sites is 1. The Hall–Kier alpha value is -2.87. The van der Waals surface area contributed by atoms with Gasteiger partial charge in [0.1, 0.15) is 11.1 Å². The largest absolute Gasteiger partial charge is 0.444 e. The maximum Gasteiger partial charge on any atom is 0.408 e. The van der Waals surface area contributed by atoms with Crippen LogP contribution < -0.4 is 11.1 Å². The fourth-order valence-corrected chi connectivity index (χ4v) is 2.87. The Labute approximate surface area is 163 Å². The monoisotopic (exact) mass is 385 g/mol. The highest BCUT2D eigenvalue weighted by Crippen LogP contribution is 2.25. The average molecular weight is 385 g/mol. The number of nitrogens with zero attached hydrogens (tertiary/aromatic N) is 2. The Balaban J connectivity index is 1.71. The Morgan fingerprint density at radius 3 is 2.68 bits per heavy atom. The minimum Gasteiger partial charge on any atom is -0.444 e. The number of rotatable bonds is 5. The Kier molecular flexibility index (Phi) is 5.16. The number of benzene rings is 1. The van der Waals surface area contributed by atoms with Gasteiger partial charge in [-0.05, 0) is 52.7 Å². The standard InChI is InChI=1S/C20H27N5O3/c1-19(2,3)28-18(26)23-20(4,5)17-25-24-16(27-17)14(21)10-12-11-22-15-9-7-6-8-13(12)15/h6-9,11,14,22H,10,21H2,1-5H3,(H,23,26)/t14-/m0/s1. The minimum atomic E-state index is -0.895. The molecule has 0 fully saturated rings. The lowest BCUT2D eigenvalue weighted by atomic mass is 10.1. The number of fused-ring (bicyclic) bond motifs is 1. The van der Waals surface area contributed by atoms with E-state index in [4.69, 9.17) is 14.9 Å².